The lowest BCUT2D eigenvalue weighted by atomic mass is 9.87. The highest BCUT2D eigenvalue weighted by molar-refractivity contribution is 9.10. The van der Waals surface area contributed by atoms with Crippen LogP contribution in [0.25, 0.3) is 0 Å². The maximum absolute atomic E-state index is 13.2. The number of aromatic nitrogens is 1. The van der Waals surface area contributed by atoms with Crippen LogP contribution in [0.15, 0.2) is 47.2 Å². The zero-order valence-electron chi connectivity index (χ0n) is 9.32. The van der Waals surface area contributed by atoms with Crippen molar-refractivity contribution in [2.24, 2.45) is 5.73 Å². The van der Waals surface area contributed by atoms with Gasteiger partial charge in [-0.05, 0) is 36.2 Å². The smallest absolute Gasteiger partial charge is 0.141 e. The van der Waals surface area contributed by atoms with E-state index in [0.717, 1.165) is 10.0 Å². The largest absolute Gasteiger partial charge is 0.318 e. The van der Waals surface area contributed by atoms with Crippen LogP contribution in [-0.4, -0.2) is 4.98 Å². The molecule has 0 radical (unpaired) electrons. The van der Waals surface area contributed by atoms with Crippen molar-refractivity contribution in [3.63, 3.8) is 0 Å². The first-order valence-corrected chi connectivity index (χ1v) is 5.95. The Labute approximate surface area is 108 Å². The van der Waals surface area contributed by atoms with Gasteiger partial charge in [0.05, 0.1) is 11.7 Å². The second kappa shape index (κ2) is 4.55. The number of nitrogens with two attached hydrogens (primary N) is 1. The SMILES string of the molecule is CC(N)(c1ccc(Br)cc1)c1cncc(F)c1. The van der Waals surface area contributed by atoms with Crippen molar-refractivity contribution in [3.8, 4) is 0 Å². The minimum atomic E-state index is -0.754. The molecule has 1 aromatic carbocycles. The topological polar surface area (TPSA) is 38.9 Å². The molecule has 1 heterocycles. The average molecular weight is 295 g/mol. The second-order valence-electron chi connectivity index (χ2n) is 4.10. The second-order valence-corrected chi connectivity index (χ2v) is 5.02. The summed E-state index contributed by atoms with van der Waals surface area (Å²) in [6.45, 7) is 1.84. The van der Waals surface area contributed by atoms with Crippen LogP contribution in [0, 0.1) is 5.82 Å². The predicted octanol–water partition coefficient (Wildman–Crippen LogP) is 3.21. The van der Waals surface area contributed by atoms with Crippen LogP contribution in [0.1, 0.15) is 18.1 Å². The lowest BCUT2D eigenvalue weighted by molar-refractivity contribution is 0.574. The number of rotatable bonds is 2. The Kier molecular flexibility index (Phi) is 3.26. The number of benzene rings is 1. The monoisotopic (exact) mass is 294 g/mol. The molecule has 0 fully saturated rings. The highest BCUT2D eigenvalue weighted by atomic mass is 79.9. The minimum Gasteiger partial charge on any atom is -0.318 e. The van der Waals surface area contributed by atoms with Crippen LogP contribution in [0.4, 0.5) is 4.39 Å². The quantitative estimate of drug-likeness (QED) is 0.924. The van der Waals surface area contributed by atoms with Crippen molar-refractivity contribution in [3.05, 3.63) is 64.1 Å². The van der Waals surface area contributed by atoms with E-state index in [-0.39, 0.29) is 5.82 Å². The molecule has 0 bridgehead atoms. The zero-order valence-corrected chi connectivity index (χ0v) is 10.9. The summed E-state index contributed by atoms with van der Waals surface area (Å²) in [4.78, 5) is 3.83. The molecule has 1 aromatic heterocycles. The number of hydrogen-bond donors (Lipinski definition) is 1. The molecule has 0 amide bonds. The first kappa shape index (κ1) is 12.2. The van der Waals surface area contributed by atoms with Crippen LogP contribution in [-0.2, 0) is 5.54 Å². The Balaban J connectivity index is 2.45. The van der Waals surface area contributed by atoms with Crippen molar-refractivity contribution in [1.82, 2.24) is 4.98 Å². The first-order chi connectivity index (χ1) is 8.00. The molecule has 2 nitrogen and oxygen atoms in total. The lowest BCUT2D eigenvalue weighted by Crippen LogP contribution is -2.34. The van der Waals surface area contributed by atoms with E-state index in [1.165, 1.54) is 12.3 Å². The fraction of sp³-hybridized carbons (Fsp3) is 0.154. The van der Waals surface area contributed by atoms with Crippen LogP contribution < -0.4 is 5.73 Å². The van der Waals surface area contributed by atoms with Crippen molar-refractivity contribution >= 4 is 15.9 Å². The summed E-state index contributed by atoms with van der Waals surface area (Å²) < 4.78 is 14.1. The van der Waals surface area contributed by atoms with E-state index in [9.17, 15) is 4.39 Å². The molecule has 1 atom stereocenters. The first-order valence-electron chi connectivity index (χ1n) is 5.16. The van der Waals surface area contributed by atoms with Gasteiger partial charge in [-0.1, -0.05) is 28.1 Å². The Bertz CT molecular complexity index is 523. The molecular weight excluding hydrogens is 283 g/mol. The van der Waals surface area contributed by atoms with Crippen LogP contribution in [0.3, 0.4) is 0 Å². The molecule has 4 heteroatoms. The number of pyridine rings is 1. The van der Waals surface area contributed by atoms with Crippen LogP contribution >= 0.6 is 15.9 Å². The van der Waals surface area contributed by atoms with Gasteiger partial charge in [0.25, 0.3) is 0 Å². The van der Waals surface area contributed by atoms with Gasteiger partial charge < -0.3 is 5.73 Å². The Morgan fingerprint density at radius 1 is 1.18 bits per heavy atom. The summed E-state index contributed by atoms with van der Waals surface area (Å²) in [6.07, 6.45) is 2.76. The molecule has 0 saturated carbocycles. The van der Waals surface area contributed by atoms with Gasteiger partial charge >= 0.3 is 0 Å². The predicted molar refractivity (Wildman–Crippen MR) is 69.0 cm³/mol. The summed E-state index contributed by atoms with van der Waals surface area (Å²) in [6, 6.07) is 9.05. The normalized spacial score (nSPS) is 14.4. The molecule has 88 valence electrons. The van der Waals surface area contributed by atoms with Gasteiger partial charge in [-0.3, -0.25) is 4.98 Å². The lowest BCUT2D eigenvalue weighted by Gasteiger charge is -2.25. The molecule has 2 rings (SSSR count). The molecule has 0 aliphatic rings. The minimum absolute atomic E-state index is 0.378. The molecular formula is C13H12BrFN2. The van der Waals surface area contributed by atoms with Gasteiger partial charge in [-0.2, -0.15) is 0 Å². The van der Waals surface area contributed by atoms with Crippen molar-refractivity contribution in [1.29, 1.82) is 0 Å². The summed E-state index contributed by atoms with van der Waals surface area (Å²) in [5.41, 5.74) is 7.07. The molecule has 17 heavy (non-hydrogen) atoms. The van der Waals surface area contributed by atoms with E-state index in [1.807, 2.05) is 31.2 Å². The molecule has 0 spiro atoms. The Morgan fingerprint density at radius 2 is 1.82 bits per heavy atom. The number of hydrogen-bond acceptors (Lipinski definition) is 2. The number of halogens is 2. The van der Waals surface area contributed by atoms with Crippen LogP contribution in [0.5, 0.6) is 0 Å². The van der Waals surface area contributed by atoms with Crippen molar-refractivity contribution < 1.29 is 4.39 Å². The maximum Gasteiger partial charge on any atom is 0.141 e. The van der Waals surface area contributed by atoms with Gasteiger partial charge in [-0.25, -0.2) is 4.39 Å². The molecule has 2 N–H and O–H groups in total. The third kappa shape index (κ3) is 2.53. The Morgan fingerprint density at radius 3 is 2.41 bits per heavy atom. The standard InChI is InChI=1S/C13H12BrFN2/c1-13(16,9-2-4-11(14)5-3-9)10-6-12(15)8-17-7-10/h2-8H,16H2,1H3. The molecule has 0 saturated heterocycles. The fourth-order valence-corrected chi connectivity index (χ4v) is 1.92. The van der Waals surface area contributed by atoms with Gasteiger partial charge in [0.1, 0.15) is 5.82 Å². The third-order valence-corrected chi connectivity index (χ3v) is 3.28. The Hall–Kier alpha value is -1.26. The van der Waals surface area contributed by atoms with Gasteiger partial charge in [-0.15, -0.1) is 0 Å². The van der Waals surface area contributed by atoms with E-state index in [0.29, 0.717) is 5.56 Å². The van der Waals surface area contributed by atoms with E-state index in [2.05, 4.69) is 20.9 Å². The average Bonchev–Trinajstić information content (AvgIpc) is 2.29. The van der Waals surface area contributed by atoms with Gasteiger partial charge in [0, 0.05) is 10.7 Å². The van der Waals surface area contributed by atoms with E-state index >= 15 is 0 Å². The maximum atomic E-state index is 13.2. The van der Waals surface area contributed by atoms with Crippen molar-refractivity contribution in [2.75, 3.05) is 0 Å². The van der Waals surface area contributed by atoms with Crippen LogP contribution in [0.2, 0.25) is 0 Å². The summed E-state index contributed by atoms with van der Waals surface area (Å²) >= 11 is 3.37. The molecule has 1 unspecified atom stereocenters. The fourth-order valence-electron chi connectivity index (χ4n) is 1.66. The highest BCUT2D eigenvalue weighted by Gasteiger charge is 2.24. The van der Waals surface area contributed by atoms with E-state index < -0.39 is 5.54 Å². The zero-order chi connectivity index (χ0) is 12.5. The molecule has 0 aliphatic heterocycles. The van der Waals surface area contributed by atoms with E-state index in [4.69, 9.17) is 5.73 Å². The molecule has 2 aromatic rings. The molecule has 0 aliphatic carbocycles. The summed E-state index contributed by atoms with van der Waals surface area (Å²) in [5, 5.41) is 0. The summed E-state index contributed by atoms with van der Waals surface area (Å²) in [7, 11) is 0. The summed E-state index contributed by atoms with van der Waals surface area (Å²) in [5.74, 6) is -0.378. The van der Waals surface area contributed by atoms with Crippen molar-refractivity contribution in [2.45, 2.75) is 12.5 Å². The number of nitrogens with zero attached hydrogens (tertiary/aromatic N) is 1. The third-order valence-electron chi connectivity index (χ3n) is 2.75. The highest BCUT2D eigenvalue weighted by Crippen LogP contribution is 2.27. The van der Waals surface area contributed by atoms with Gasteiger partial charge in [0.15, 0.2) is 0 Å². The van der Waals surface area contributed by atoms with E-state index in [1.54, 1.807) is 6.20 Å². The van der Waals surface area contributed by atoms with Gasteiger partial charge in [0.2, 0.25) is 0 Å².